The van der Waals surface area contributed by atoms with Gasteiger partial charge in [-0.3, -0.25) is 18.9 Å². The highest BCUT2D eigenvalue weighted by Gasteiger charge is 2.56. The number of allylic oxidation sites excluding steroid dienone is 2. The predicted molar refractivity (Wildman–Crippen MR) is 263 cm³/mol. The molecule has 1 aromatic rings. The van der Waals surface area contributed by atoms with Gasteiger partial charge in [-0.25, -0.2) is 4.18 Å². The van der Waals surface area contributed by atoms with E-state index in [0.717, 1.165) is 40.0 Å². The highest BCUT2D eigenvalue weighted by Crippen LogP contribution is 2.35. The first kappa shape index (κ1) is 64.2. The molecule has 1 unspecified atom stereocenters. The van der Waals surface area contributed by atoms with Gasteiger partial charge < -0.3 is 105 Å². The molecule has 4 saturated heterocycles. The fourth-order valence-electron chi connectivity index (χ4n) is 9.44. The number of hydrogen-bond donors (Lipinski definition) is 14. The molecule has 440 valence electrons. The highest BCUT2D eigenvalue weighted by atomic mass is 32.3. The zero-order valence-corrected chi connectivity index (χ0v) is 44.1. The van der Waals surface area contributed by atoms with Crippen molar-refractivity contribution < 1.29 is 115 Å². The third-order valence-electron chi connectivity index (χ3n) is 13.3. The Morgan fingerprint density at radius 1 is 0.610 bits per heavy atom. The van der Waals surface area contributed by atoms with Gasteiger partial charge in [0.05, 0.1) is 39.1 Å². The number of hydrogen-bond acceptors (Lipinski definition) is 24. The third kappa shape index (κ3) is 18.4. The fraction of sp³-hybridized carbons (Fsp3) is 0.771. The SMILES string of the molecule is CCCCCC/C=C\CCCOc1cccc(CN[C@H]2[C@H](O[C@H]3[C@H](O)[C@@H](NC(C)=O)[C@H](O[C@H]4[C@H](O)[C@@H](NC(C)=O)[C@H](O[C@H]5[C@H](O)[C@@H](NC(C)=O)C(O)O[C@@H]5COS(=O)(=O)O)O[C@@H]4CO)O[C@@H]3CO)O[C@H](CO)[C@@H](O)[C@@H]2O)c1. The first-order valence-corrected chi connectivity index (χ1v) is 27.0. The molecule has 4 fully saturated rings. The Bertz CT molecular complexity index is 2130. The molecule has 20 atom stereocenters. The Morgan fingerprint density at radius 3 is 1.62 bits per heavy atom. The number of unbranched alkanes of at least 4 members (excludes halogenated alkanes) is 5. The zero-order chi connectivity index (χ0) is 56.6. The molecule has 0 spiro atoms. The lowest BCUT2D eigenvalue weighted by atomic mass is 9.93. The van der Waals surface area contributed by atoms with Crippen molar-refractivity contribution in [2.45, 2.75) is 202 Å². The van der Waals surface area contributed by atoms with Crippen LogP contribution in [0.25, 0.3) is 0 Å². The lowest BCUT2D eigenvalue weighted by Crippen LogP contribution is -2.71. The first-order chi connectivity index (χ1) is 36.6. The van der Waals surface area contributed by atoms with Crippen LogP contribution in [-0.4, -0.2) is 232 Å². The van der Waals surface area contributed by atoms with Gasteiger partial charge in [0.1, 0.15) is 97.1 Å². The summed E-state index contributed by atoms with van der Waals surface area (Å²) in [6, 6.07) is 0.840. The minimum Gasteiger partial charge on any atom is -0.494 e. The van der Waals surface area contributed by atoms with Crippen LogP contribution in [0.4, 0.5) is 0 Å². The molecule has 0 aromatic heterocycles. The van der Waals surface area contributed by atoms with Crippen molar-refractivity contribution >= 4 is 28.1 Å². The van der Waals surface area contributed by atoms with Crippen molar-refractivity contribution in [1.29, 1.82) is 0 Å². The van der Waals surface area contributed by atoms with Gasteiger partial charge in [0, 0.05) is 27.3 Å². The lowest BCUT2D eigenvalue weighted by Gasteiger charge is -2.51. The number of aliphatic hydroxyl groups is 9. The molecule has 4 aliphatic rings. The lowest BCUT2D eigenvalue weighted by molar-refractivity contribution is -0.362. The minimum absolute atomic E-state index is 0.0545. The van der Waals surface area contributed by atoms with Gasteiger partial charge in [0.25, 0.3) is 0 Å². The van der Waals surface area contributed by atoms with Gasteiger partial charge in [-0.2, -0.15) is 8.42 Å². The summed E-state index contributed by atoms with van der Waals surface area (Å²) in [5, 5.41) is 110. The highest BCUT2D eigenvalue weighted by molar-refractivity contribution is 7.80. The second kappa shape index (κ2) is 30.8. The summed E-state index contributed by atoms with van der Waals surface area (Å²) in [4.78, 5) is 37.3. The van der Waals surface area contributed by atoms with Crippen LogP contribution >= 0.6 is 0 Å². The van der Waals surface area contributed by atoms with Crippen molar-refractivity contribution in [3.63, 3.8) is 0 Å². The van der Waals surface area contributed by atoms with Gasteiger partial charge in [-0.05, 0) is 43.4 Å². The van der Waals surface area contributed by atoms with E-state index in [-0.39, 0.29) is 6.54 Å². The largest absolute Gasteiger partial charge is 0.494 e. The monoisotopic (exact) mass is 1130 g/mol. The van der Waals surface area contributed by atoms with Gasteiger partial charge in [-0.15, -0.1) is 0 Å². The summed E-state index contributed by atoms with van der Waals surface area (Å²) < 4.78 is 84.3. The van der Waals surface area contributed by atoms with Crippen molar-refractivity contribution in [3.05, 3.63) is 42.0 Å². The molecule has 5 rings (SSSR count). The molecule has 14 N–H and O–H groups in total. The molecule has 0 bridgehead atoms. The Hall–Kier alpha value is -3.64. The summed E-state index contributed by atoms with van der Waals surface area (Å²) in [6.45, 7) is 2.05. The first-order valence-electron chi connectivity index (χ1n) is 25.6. The number of carbonyl (C=O) groups excluding carboxylic acids is 3. The second-order valence-electron chi connectivity index (χ2n) is 19.3. The standard InChI is InChI=1S/C48H78N4O24S/c1-5-6-7-8-9-10-11-12-13-17-68-28-16-14-15-27(18-28)19-49-34-38(60)37(59)29(20-53)71-46(34)74-42-30(21-54)72-47(35(40(42)62)51-25(3)57)75-43-31(22-55)73-48(36(41(43)63)52-26(4)58)76-44-32(23-69-77(65,66)67)70-45(64)33(39(44)61)50-24(2)56/h10-11,14-16,18,29-49,53-55,59-64H,5-9,12-13,17,19-23H2,1-4H3,(H,50,56)(H,51,57)(H,52,58)(H,65,66,67)/b11-10-/t29-,30-,31-,32-,33-,34-,35-,36-,37-,38-,39-,40-,41-,42-,43-,44-,45?,46+,47+,48+/m1/s1. The third-order valence-corrected chi connectivity index (χ3v) is 13.7. The van der Waals surface area contributed by atoms with E-state index in [1.54, 1.807) is 24.3 Å². The van der Waals surface area contributed by atoms with Crippen LogP contribution in [0.3, 0.4) is 0 Å². The molecule has 0 radical (unpaired) electrons. The smallest absolute Gasteiger partial charge is 0.397 e. The maximum Gasteiger partial charge on any atom is 0.397 e. The van der Waals surface area contributed by atoms with Crippen LogP contribution in [0.2, 0.25) is 0 Å². The molecule has 4 aliphatic heterocycles. The normalized spacial score (nSPS) is 35.8. The molecule has 28 nitrogen and oxygen atoms in total. The Balaban J connectivity index is 1.32. The average molecular weight is 1130 g/mol. The Kier molecular flexibility index (Phi) is 25.7. The predicted octanol–water partition coefficient (Wildman–Crippen LogP) is -4.01. The summed E-state index contributed by atoms with van der Waals surface area (Å²) >= 11 is 0. The Morgan fingerprint density at radius 2 is 1.10 bits per heavy atom. The van der Waals surface area contributed by atoms with E-state index >= 15 is 0 Å². The molecule has 3 amide bonds. The van der Waals surface area contributed by atoms with E-state index in [1.807, 2.05) is 0 Å². The Labute approximate surface area is 446 Å². The van der Waals surface area contributed by atoms with E-state index < -0.39 is 177 Å². The van der Waals surface area contributed by atoms with Crippen molar-refractivity contribution in [2.75, 3.05) is 33.0 Å². The van der Waals surface area contributed by atoms with Crippen LogP contribution in [-0.2, 0) is 68.7 Å². The minimum atomic E-state index is -5.15. The number of carbonyl (C=O) groups is 3. The van der Waals surface area contributed by atoms with E-state index in [4.69, 9.17) is 37.9 Å². The second-order valence-corrected chi connectivity index (χ2v) is 20.3. The van der Waals surface area contributed by atoms with Gasteiger partial charge in [-0.1, -0.05) is 50.5 Å². The molecule has 1 aromatic carbocycles. The summed E-state index contributed by atoms with van der Waals surface area (Å²) in [5.74, 6) is -1.75. The molecule has 4 heterocycles. The maximum atomic E-state index is 12.7. The van der Waals surface area contributed by atoms with E-state index in [1.165, 1.54) is 25.7 Å². The van der Waals surface area contributed by atoms with Crippen LogP contribution in [0.15, 0.2) is 36.4 Å². The van der Waals surface area contributed by atoms with Crippen molar-refractivity contribution in [3.8, 4) is 5.75 Å². The van der Waals surface area contributed by atoms with Crippen LogP contribution in [0, 0.1) is 0 Å². The van der Waals surface area contributed by atoms with Crippen molar-refractivity contribution in [2.24, 2.45) is 0 Å². The van der Waals surface area contributed by atoms with Crippen molar-refractivity contribution in [1.82, 2.24) is 21.3 Å². The topological polar surface area (TPSA) is 419 Å². The molecular weight excluding hydrogens is 1050 g/mol. The van der Waals surface area contributed by atoms with E-state index in [2.05, 4.69) is 44.5 Å². The van der Waals surface area contributed by atoms with Crippen LogP contribution in [0.5, 0.6) is 5.75 Å². The molecular formula is C48H78N4O24S. The molecule has 77 heavy (non-hydrogen) atoms. The fourth-order valence-corrected chi connectivity index (χ4v) is 9.74. The number of amides is 3. The van der Waals surface area contributed by atoms with Gasteiger partial charge >= 0.3 is 10.4 Å². The number of benzene rings is 1. The molecule has 0 aliphatic carbocycles. The molecule has 0 saturated carbocycles. The van der Waals surface area contributed by atoms with E-state index in [0.29, 0.717) is 17.9 Å². The van der Waals surface area contributed by atoms with E-state index in [9.17, 15) is 73.3 Å². The van der Waals surface area contributed by atoms with Gasteiger partial charge in [0.2, 0.25) is 17.7 Å². The maximum absolute atomic E-state index is 12.7. The summed E-state index contributed by atoms with van der Waals surface area (Å²) in [5.41, 5.74) is 0.693. The quantitative estimate of drug-likeness (QED) is 0.0216. The summed E-state index contributed by atoms with van der Waals surface area (Å²) in [6.07, 6.45) is -16.4. The number of rotatable bonds is 28. The average Bonchev–Trinajstić information content (AvgIpc) is 3.37. The number of nitrogens with one attached hydrogen (secondary N) is 4. The summed E-state index contributed by atoms with van der Waals surface area (Å²) in [7, 11) is -5.15. The molecule has 29 heteroatoms. The van der Waals surface area contributed by atoms with Crippen LogP contribution < -0.4 is 26.0 Å². The van der Waals surface area contributed by atoms with Gasteiger partial charge in [0.15, 0.2) is 25.2 Å². The van der Waals surface area contributed by atoms with Crippen LogP contribution in [0.1, 0.15) is 78.2 Å². The number of ether oxygens (including phenoxy) is 8. The number of aliphatic hydroxyl groups excluding tert-OH is 9. The zero-order valence-electron chi connectivity index (χ0n) is 43.3.